The molecule has 2 N–H and O–H groups in total. The third kappa shape index (κ3) is 2.02. The topological polar surface area (TPSA) is 48.6 Å². The van der Waals surface area contributed by atoms with Gasteiger partial charge in [-0.2, -0.15) is 0 Å². The lowest BCUT2D eigenvalue weighted by atomic mass is 10.0. The minimum absolute atomic E-state index is 0.120. The van der Waals surface area contributed by atoms with Crippen molar-refractivity contribution in [1.82, 2.24) is 9.97 Å². The summed E-state index contributed by atoms with van der Waals surface area (Å²) in [5.41, 5.74) is 5.62. The predicted molar refractivity (Wildman–Crippen MR) is 91.6 cm³/mol. The molecule has 0 atom stereocenters. The Morgan fingerprint density at radius 2 is 1.82 bits per heavy atom. The predicted octanol–water partition coefficient (Wildman–Crippen LogP) is 4.64. The Kier molecular flexibility index (Phi) is 2.84. The van der Waals surface area contributed by atoms with Crippen LogP contribution < -0.4 is 5.56 Å². The highest BCUT2D eigenvalue weighted by Crippen LogP contribution is 2.32. The summed E-state index contributed by atoms with van der Waals surface area (Å²) in [4.78, 5) is 18.4. The number of benzene rings is 2. The third-order valence-electron chi connectivity index (χ3n) is 3.88. The summed E-state index contributed by atoms with van der Waals surface area (Å²) < 4.78 is 0. The number of hydrogen-bond donors (Lipinski definition) is 2. The molecule has 108 valence electrons. The lowest BCUT2D eigenvalue weighted by molar-refractivity contribution is 1.31. The van der Waals surface area contributed by atoms with E-state index in [1.54, 1.807) is 6.07 Å². The molecule has 0 saturated carbocycles. The van der Waals surface area contributed by atoms with Gasteiger partial charge in [0.05, 0.1) is 11.0 Å². The van der Waals surface area contributed by atoms with E-state index in [-0.39, 0.29) is 5.56 Å². The summed E-state index contributed by atoms with van der Waals surface area (Å²) in [6.45, 7) is 2.04. The number of pyridine rings is 1. The largest absolute Gasteiger partial charge is 0.353 e. The van der Waals surface area contributed by atoms with E-state index in [0.717, 1.165) is 38.6 Å². The van der Waals surface area contributed by atoms with Crippen LogP contribution in [0.25, 0.3) is 33.1 Å². The van der Waals surface area contributed by atoms with Crippen molar-refractivity contribution in [3.63, 3.8) is 0 Å². The molecule has 0 amide bonds. The number of aromatic amines is 2. The zero-order valence-electron chi connectivity index (χ0n) is 11.9. The van der Waals surface area contributed by atoms with Gasteiger partial charge in [0, 0.05) is 27.6 Å². The molecule has 22 heavy (non-hydrogen) atoms. The summed E-state index contributed by atoms with van der Waals surface area (Å²) >= 11 is 6.09. The molecule has 3 nitrogen and oxygen atoms in total. The van der Waals surface area contributed by atoms with Gasteiger partial charge in [-0.3, -0.25) is 4.79 Å². The number of aromatic nitrogens is 2. The van der Waals surface area contributed by atoms with Gasteiger partial charge in [0.15, 0.2) is 0 Å². The highest BCUT2D eigenvalue weighted by Gasteiger charge is 2.12. The van der Waals surface area contributed by atoms with E-state index >= 15 is 0 Å². The van der Waals surface area contributed by atoms with Gasteiger partial charge < -0.3 is 9.97 Å². The lowest BCUT2D eigenvalue weighted by Gasteiger charge is -2.04. The second kappa shape index (κ2) is 4.75. The van der Waals surface area contributed by atoms with Crippen molar-refractivity contribution in [2.45, 2.75) is 6.92 Å². The minimum atomic E-state index is -0.120. The van der Waals surface area contributed by atoms with Crippen molar-refractivity contribution in [1.29, 1.82) is 0 Å². The fraction of sp³-hybridized carbons (Fsp3) is 0.0556. The Hall–Kier alpha value is -2.52. The molecule has 4 heteroatoms. The van der Waals surface area contributed by atoms with Crippen LogP contribution in [0.3, 0.4) is 0 Å². The van der Waals surface area contributed by atoms with Crippen LogP contribution in [0.1, 0.15) is 5.56 Å². The van der Waals surface area contributed by atoms with Crippen molar-refractivity contribution >= 4 is 33.5 Å². The Morgan fingerprint density at radius 3 is 2.64 bits per heavy atom. The summed E-state index contributed by atoms with van der Waals surface area (Å²) in [7, 11) is 0. The van der Waals surface area contributed by atoms with Crippen molar-refractivity contribution in [3.05, 3.63) is 69.5 Å². The van der Waals surface area contributed by atoms with Crippen LogP contribution in [0.5, 0.6) is 0 Å². The second-order valence-electron chi connectivity index (χ2n) is 5.48. The maximum absolute atomic E-state index is 12.1. The van der Waals surface area contributed by atoms with Crippen LogP contribution in [0.15, 0.2) is 53.3 Å². The molecule has 2 aromatic heterocycles. The Morgan fingerprint density at radius 1 is 0.955 bits per heavy atom. The van der Waals surface area contributed by atoms with E-state index in [2.05, 4.69) is 16.0 Å². The zero-order chi connectivity index (χ0) is 15.3. The van der Waals surface area contributed by atoms with E-state index in [1.807, 2.05) is 43.3 Å². The van der Waals surface area contributed by atoms with Gasteiger partial charge in [-0.25, -0.2) is 0 Å². The van der Waals surface area contributed by atoms with E-state index in [0.29, 0.717) is 5.02 Å². The van der Waals surface area contributed by atoms with Crippen molar-refractivity contribution in [2.75, 3.05) is 0 Å². The number of halogens is 1. The Balaban J connectivity index is 2.15. The summed E-state index contributed by atoms with van der Waals surface area (Å²) in [5, 5.41) is 1.57. The number of aryl methyl sites for hydroxylation is 1. The summed E-state index contributed by atoms with van der Waals surface area (Å²) in [5.74, 6) is 0. The molecular formula is C18H13ClN2O. The molecule has 0 spiro atoms. The van der Waals surface area contributed by atoms with Gasteiger partial charge >= 0.3 is 0 Å². The zero-order valence-corrected chi connectivity index (χ0v) is 12.7. The minimum Gasteiger partial charge on any atom is -0.353 e. The molecule has 0 bridgehead atoms. The number of hydrogen-bond acceptors (Lipinski definition) is 1. The molecule has 0 fully saturated rings. The molecule has 0 radical (unpaired) electrons. The molecule has 0 unspecified atom stereocenters. The van der Waals surface area contributed by atoms with Gasteiger partial charge in [0.25, 0.3) is 0 Å². The highest BCUT2D eigenvalue weighted by atomic mass is 35.5. The standard InChI is InChI=1S/C18H13ClN2O/c1-10-3-2-4-11(7-10)13-9-16(22)21-18-14-8-12(19)5-6-15(14)20-17(13)18/h2-9,20H,1H3,(H,21,22). The number of H-pyrrole nitrogens is 2. The number of rotatable bonds is 1. The first kappa shape index (κ1) is 13.2. The van der Waals surface area contributed by atoms with Crippen molar-refractivity contribution in [3.8, 4) is 11.1 Å². The average molecular weight is 309 g/mol. The Labute approximate surface area is 131 Å². The van der Waals surface area contributed by atoms with Crippen LogP contribution in [-0.4, -0.2) is 9.97 Å². The first-order valence-corrected chi connectivity index (χ1v) is 7.41. The van der Waals surface area contributed by atoms with Crippen LogP contribution in [-0.2, 0) is 0 Å². The maximum Gasteiger partial charge on any atom is 0.249 e. The van der Waals surface area contributed by atoms with Crippen molar-refractivity contribution < 1.29 is 0 Å². The fourth-order valence-corrected chi connectivity index (χ4v) is 3.07. The second-order valence-corrected chi connectivity index (χ2v) is 5.92. The first-order valence-electron chi connectivity index (χ1n) is 7.03. The first-order chi connectivity index (χ1) is 10.6. The van der Waals surface area contributed by atoms with Gasteiger partial charge in [0.2, 0.25) is 5.56 Å². The molecule has 4 rings (SSSR count). The molecule has 0 aliphatic carbocycles. The SMILES string of the molecule is Cc1cccc(-c2cc(=O)[nH]c3c2[nH]c2ccc(Cl)cc23)c1. The van der Waals surface area contributed by atoms with Crippen LogP contribution in [0, 0.1) is 6.92 Å². The smallest absolute Gasteiger partial charge is 0.249 e. The van der Waals surface area contributed by atoms with E-state index in [9.17, 15) is 4.79 Å². The third-order valence-corrected chi connectivity index (χ3v) is 4.12. The molecule has 4 aromatic rings. The molecule has 0 aliphatic rings. The van der Waals surface area contributed by atoms with Gasteiger partial charge in [-0.1, -0.05) is 41.4 Å². The van der Waals surface area contributed by atoms with E-state index < -0.39 is 0 Å². The highest BCUT2D eigenvalue weighted by molar-refractivity contribution is 6.31. The Bertz CT molecular complexity index is 1080. The maximum atomic E-state index is 12.1. The molecule has 2 heterocycles. The van der Waals surface area contributed by atoms with Gasteiger partial charge in [-0.05, 0) is 30.7 Å². The molecular weight excluding hydrogens is 296 g/mol. The fourth-order valence-electron chi connectivity index (χ4n) is 2.90. The lowest BCUT2D eigenvalue weighted by Crippen LogP contribution is -2.04. The molecule has 0 saturated heterocycles. The van der Waals surface area contributed by atoms with Crippen LogP contribution in [0.2, 0.25) is 5.02 Å². The monoisotopic (exact) mass is 308 g/mol. The summed E-state index contributed by atoms with van der Waals surface area (Å²) in [6, 6.07) is 15.4. The van der Waals surface area contributed by atoms with Crippen LogP contribution in [0.4, 0.5) is 0 Å². The molecule has 2 aromatic carbocycles. The summed E-state index contributed by atoms with van der Waals surface area (Å²) in [6.07, 6.45) is 0. The van der Waals surface area contributed by atoms with Gasteiger partial charge in [-0.15, -0.1) is 0 Å². The average Bonchev–Trinajstić information content (AvgIpc) is 2.84. The van der Waals surface area contributed by atoms with Gasteiger partial charge in [0.1, 0.15) is 0 Å². The quantitative estimate of drug-likeness (QED) is 0.529. The van der Waals surface area contributed by atoms with Crippen molar-refractivity contribution in [2.24, 2.45) is 0 Å². The van der Waals surface area contributed by atoms with E-state index in [4.69, 9.17) is 11.6 Å². The number of nitrogens with one attached hydrogen (secondary N) is 2. The van der Waals surface area contributed by atoms with E-state index in [1.165, 1.54) is 0 Å². The molecule has 0 aliphatic heterocycles. The number of fused-ring (bicyclic) bond motifs is 3. The normalized spacial score (nSPS) is 11.4. The van der Waals surface area contributed by atoms with Crippen LogP contribution >= 0.6 is 11.6 Å².